The van der Waals surface area contributed by atoms with Gasteiger partial charge in [-0.05, 0) is 38.5 Å². The van der Waals surface area contributed by atoms with E-state index in [1.54, 1.807) is 17.6 Å². The number of carbonyl (C=O) groups is 2. The highest BCUT2D eigenvalue weighted by Crippen LogP contribution is 2.28. The molecule has 134 valence electrons. The number of carbonyl (C=O) groups excluding carboxylic acids is 1. The lowest BCUT2D eigenvalue weighted by Crippen LogP contribution is -2.48. The van der Waals surface area contributed by atoms with Crippen LogP contribution in [0.25, 0.3) is 10.4 Å². The first-order chi connectivity index (χ1) is 11.7. The molecule has 2 N–H and O–H groups in total. The van der Waals surface area contributed by atoms with Crippen molar-refractivity contribution in [2.24, 2.45) is 0 Å². The van der Waals surface area contributed by atoms with Crippen LogP contribution in [0.5, 0.6) is 0 Å². The molecule has 1 heterocycles. The van der Waals surface area contributed by atoms with Crippen LogP contribution < -0.4 is 5.32 Å². The van der Waals surface area contributed by atoms with Gasteiger partial charge in [0.25, 0.3) is 5.91 Å². The van der Waals surface area contributed by atoms with Crippen molar-refractivity contribution >= 4 is 34.9 Å². The van der Waals surface area contributed by atoms with Gasteiger partial charge in [-0.15, -0.1) is 11.3 Å². The van der Waals surface area contributed by atoms with Gasteiger partial charge in [0.2, 0.25) is 0 Å². The molecule has 0 unspecified atom stereocenters. The largest absolute Gasteiger partial charge is 0.465 e. The fourth-order valence-electron chi connectivity index (χ4n) is 2.30. The molecule has 0 aliphatic carbocycles. The summed E-state index contributed by atoms with van der Waals surface area (Å²) in [5.41, 5.74) is 2.26. The summed E-state index contributed by atoms with van der Waals surface area (Å²) in [4.78, 5) is 29.9. The molecular formula is C17H20ClN3O3S. The minimum atomic E-state index is -1.02. The van der Waals surface area contributed by atoms with E-state index in [-0.39, 0.29) is 19.0 Å². The molecule has 2 rings (SSSR count). The Balaban J connectivity index is 2.04. The van der Waals surface area contributed by atoms with Crippen LogP contribution >= 0.6 is 22.9 Å². The SMILES string of the molecule is CC(C)(C)N(CCNC(=O)c1ncsc1-c1ccc(Cl)cc1)C(=O)O. The van der Waals surface area contributed by atoms with E-state index >= 15 is 0 Å². The van der Waals surface area contributed by atoms with Gasteiger partial charge in [-0.3, -0.25) is 4.79 Å². The molecule has 0 aliphatic heterocycles. The van der Waals surface area contributed by atoms with Crippen LogP contribution in [0.15, 0.2) is 29.8 Å². The lowest BCUT2D eigenvalue weighted by molar-refractivity contribution is 0.0889. The molecule has 1 aromatic carbocycles. The van der Waals surface area contributed by atoms with Crippen molar-refractivity contribution in [2.75, 3.05) is 13.1 Å². The Kier molecular flexibility index (Phi) is 6.02. The number of halogens is 1. The number of thiazole rings is 1. The number of rotatable bonds is 5. The van der Waals surface area contributed by atoms with Gasteiger partial charge >= 0.3 is 6.09 Å². The first-order valence-electron chi connectivity index (χ1n) is 7.68. The van der Waals surface area contributed by atoms with E-state index in [2.05, 4.69) is 10.3 Å². The molecule has 0 aliphatic rings. The molecule has 0 saturated heterocycles. The summed E-state index contributed by atoms with van der Waals surface area (Å²) in [5.74, 6) is -0.328. The van der Waals surface area contributed by atoms with E-state index in [4.69, 9.17) is 11.6 Å². The minimum absolute atomic E-state index is 0.199. The van der Waals surface area contributed by atoms with Crippen molar-refractivity contribution in [3.05, 3.63) is 40.5 Å². The lowest BCUT2D eigenvalue weighted by Gasteiger charge is -2.33. The van der Waals surface area contributed by atoms with Gasteiger partial charge < -0.3 is 15.3 Å². The molecule has 0 radical (unpaired) electrons. The van der Waals surface area contributed by atoms with E-state index in [0.29, 0.717) is 10.7 Å². The fraction of sp³-hybridized carbons (Fsp3) is 0.353. The third-order valence-electron chi connectivity index (χ3n) is 3.55. The van der Waals surface area contributed by atoms with Crippen LogP contribution in [-0.2, 0) is 0 Å². The Hall–Kier alpha value is -2.12. The molecule has 6 nitrogen and oxygen atoms in total. The average molecular weight is 382 g/mol. The second-order valence-corrected chi connectivity index (χ2v) is 7.69. The maximum Gasteiger partial charge on any atom is 0.407 e. The van der Waals surface area contributed by atoms with Crippen molar-refractivity contribution in [3.63, 3.8) is 0 Å². The van der Waals surface area contributed by atoms with Crippen LogP contribution in [0, 0.1) is 0 Å². The fourth-order valence-corrected chi connectivity index (χ4v) is 3.22. The number of hydrogen-bond acceptors (Lipinski definition) is 4. The summed E-state index contributed by atoms with van der Waals surface area (Å²) < 4.78 is 0. The maximum absolute atomic E-state index is 12.4. The maximum atomic E-state index is 12.4. The summed E-state index contributed by atoms with van der Waals surface area (Å²) >= 11 is 7.26. The second kappa shape index (κ2) is 7.84. The predicted molar refractivity (Wildman–Crippen MR) is 99.4 cm³/mol. The lowest BCUT2D eigenvalue weighted by atomic mass is 10.1. The molecule has 0 fully saturated rings. The summed E-state index contributed by atoms with van der Waals surface area (Å²) in [6.45, 7) is 5.83. The Labute approximate surface area is 155 Å². The van der Waals surface area contributed by atoms with Gasteiger partial charge in [0.05, 0.1) is 10.4 Å². The first-order valence-corrected chi connectivity index (χ1v) is 8.94. The number of hydrogen-bond donors (Lipinski definition) is 2. The van der Waals surface area contributed by atoms with Crippen LogP contribution in [0.1, 0.15) is 31.3 Å². The Morgan fingerprint density at radius 3 is 2.48 bits per heavy atom. The molecule has 2 aromatic rings. The second-order valence-electron chi connectivity index (χ2n) is 6.40. The number of nitrogens with one attached hydrogen (secondary N) is 1. The van der Waals surface area contributed by atoms with Crippen molar-refractivity contribution in [1.82, 2.24) is 15.2 Å². The van der Waals surface area contributed by atoms with Crippen LogP contribution in [0.3, 0.4) is 0 Å². The van der Waals surface area contributed by atoms with E-state index in [1.165, 1.54) is 16.2 Å². The normalized spacial score (nSPS) is 11.2. The van der Waals surface area contributed by atoms with E-state index in [0.717, 1.165) is 10.4 Å². The number of benzene rings is 1. The van der Waals surface area contributed by atoms with E-state index in [1.807, 2.05) is 32.9 Å². The molecule has 0 spiro atoms. The zero-order valence-electron chi connectivity index (χ0n) is 14.2. The van der Waals surface area contributed by atoms with Gasteiger partial charge in [-0.2, -0.15) is 0 Å². The highest BCUT2D eigenvalue weighted by molar-refractivity contribution is 7.13. The van der Waals surface area contributed by atoms with Gasteiger partial charge in [0, 0.05) is 23.7 Å². The van der Waals surface area contributed by atoms with Crippen molar-refractivity contribution in [2.45, 2.75) is 26.3 Å². The quantitative estimate of drug-likeness (QED) is 0.820. The van der Waals surface area contributed by atoms with Crippen molar-refractivity contribution < 1.29 is 14.7 Å². The number of carboxylic acid groups (broad SMARTS) is 1. The van der Waals surface area contributed by atoms with Crippen LogP contribution in [0.2, 0.25) is 5.02 Å². The third-order valence-corrected chi connectivity index (χ3v) is 4.68. The Morgan fingerprint density at radius 2 is 1.92 bits per heavy atom. The average Bonchev–Trinajstić information content (AvgIpc) is 3.00. The minimum Gasteiger partial charge on any atom is -0.465 e. The predicted octanol–water partition coefficient (Wildman–Crippen LogP) is 3.97. The molecule has 0 saturated carbocycles. The van der Waals surface area contributed by atoms with Crippen LogP contribution in [-0.4, -0.2) is 45.6 Å². The van der Waals surface area contributed by atoms with E-state index in [9.17, 15) is 14.7 Å². The summed E-state index contributed by atoms with van der Waals surface area (Å²) in [6, 6.07) is 7.18. The highest BCUT2D eigenvalue weighted by Gasteiger charge is 2.26. The van der Waals surface area contributed by atoms with Crippen LogP contribution in [0.4, 0.5) is 4.79 Å². The highest BCUT2D eigenvalue weighted by atomic mass is 35.5. The monoisotopic (exact) mass is 381 g/mol. The van der Waals surface area contributed by atoms with Gasteiger partial charge in [-0.25, -0.2) is 9.78 Å². The molecule has 2 amide bonds. The number of amides is 2. The molecule has 25 heavy (non-hydrogen) atoms. The molecular weight excluding hydrogens is 362 g/mol. The van der Waals surface area contributed by atoms with Gasteiger partial charge in [-0.1, -0.05) is 23.7 Å². The molecule has 1 aromatic heterocycles. The van der Waals surface area contributed by atoms with Crippen molar-refractivity contribution in [3.8, 4) is 10.4 Å². The first kappa shape index (κ1) is 19.2. The summed E-state index contributed by atoms with van der Waals surface area (Å²) in [5, 5.41) is 12.6. The molecule has 0 bridgehead atoms. The molecule has 8 heteroatoms. The smallest absolute Gasteiger partial charge is 0.407 e. The Bertz CT molecular complexity index is 753. The van der Waals surface area contributed by atoms with Crippen molar-refractivity contribution in [1.29, 1.82) is 0 Å². The standard InChI is InChI=1S/C17H20ClN3O3S/c1-17(2,3)21(16(23)24)9-8-19-15(22)13-14(25-10-20-13)11-4-6-12(18)7-5-11/h4-7,10H,8-9H2,1-3H3,(H,19,22)(H,23,24). The zero-order chi connectivity index (χ0) is 18.6. The third kappa shape index (κ3) is 4.93. The summed E-state index contributed by atoms with van der Waals surface area (Å²) in [6.07, 6.45) is -1.02. The Morgan fingerprint density at radius 1 is 1.28 bits per heavy atom. The van der Waals surface area contributed by atoms with Gasteiger partial charge in [0.15, 0.2) is 0 Å². The van der Waals surface area contributed by atoms with Gasteiger partial charge in [0.1, 0.15) is 5.69 Å². The summed E-state index contributed by atoms with van der Waals surface area (Å²) in [7, 11) is 0. The number of aromatic nitrogens is 1. The number of nitrogens with zero attached hydrogens (tertiary/aromatic N) is 2. The topological polar surface area (TPSA) is 82.5 Å². The molecule has 0 atom stereocenters. The zero-order valence-corrected chi connectivity index (χ0v) is 15.8. The van der Waals surface area contributed by atoms with E-state index < -0.39 is 11.6 Å².